The maximum atomic E-state index is 9.03. The van der Waals surface area contributed by atoms with Crippen LogP contribution >= 0.6 is 11.3 Å². The summed E-state index contributed by atoms with van der Waals surface area (Å²) in [4.78, 5) is 4.81. The number of hydrogen-bond donors (Lipinski definition) is 0. The van der Waals surface area contributed by atoms with E-state index in [4.69, 9.17) is 23.4 Å². The Morgan fingerprint density at radius 3 is 2.11 bits per heavy atom. The van der Waals surface area contributed by atoms with E-state index in [2.05, 4.69) is 62.0 Å². The van der Waals surface area contributed by atoms with Crippen molar-refractivity contribution >= 4 is 54.3 Å². The molecule has 0 spiro atoms. The van der Waals surface area contributed by atoms with Crippen LogP contribution in [0.3, 0.4) is 0 Å². The number of pyridine rings is 1. The summed E-state index contributed by atoms with van der Waals surface area (Å²) < 4.78 is 100. The molecule has 298 valence electrons. The van der Waals surface area contributed by atoms with Crippen molar-refractivity contribution < 1.29 is 44.1 Å². The Bertz CT molecular complexity index is 3860. The Balaban J connectivity index is 0.00000582. The van der Waals surface area contributed by atoms with Gasteiger partial charge in [-0.1, -0.05) is 170 Å². The first kappa shape index (κ1) is 28.8. The molecular weight excluding hydrogens is 948 g/mol. The average Bonchev–Trinajstić information content (AvgIpc) is 4.05. The molecule has 0 aliphatic carbocycles. The van der Waals surface area contributed by atoms with Gasteiger partial charge in [-0.3, -0.25) is 4.57 Å². The van der Waals surface area contributed by atoms with Gasteiger partial charge in [0.1, 0.15) is 5.82 Å². The summed E-state index contributed by atoms with van der Waals surface area (Å²) in [6, 6.07) is 34.1. The number of ether oxygens (including phenoxy) is 1. The zero-order chi connectivity index (χ0) is 49.1. The zero-order valence-electron chi connectivity index (χ0n) is 42.9. The van der Waals surface area contributed by atoms with E-state index in [0.717, 1.165) is 37.9 Å². The van der Waals surface area contributed by atoms with Gasteiger partial charge in [0.15, 0.2) is 0 Å². The maximum Gasteiger partial charge on any atom is 0.268 e. The minimum absolute atomic E-state index is 0. The van der Waals surface area contributed by atoms with Gasteiger partial charge in [0.05, 0.1) is 36.1 Å². The Kier molecular flexibility index (Phi) is 7.30. The molecule has 5 nitrogen and oxygen atoms in total. The van der Waals surface area contributed by atoms with Crippen molar-refractivity contribution in [3.8, 4) is 50.9 Å². The molecule has 0 saturated carbocycles. The van der Waals surface area contributed by atoms with E-state index in [-0.39, 0.29) is 54.4 Å². The minimum atomic E-state index is -0.567. The fraction of sp³-hybridized carbons (Fsp3) is 0.0741. The van der Waals surface area contributed by atoms with Crippen molar-refractivity contribution in [2.24, 2.45) is 0 Å². The summed E-state index contributed by atoms with van der Waals surface area (Å²) in [5.41, 5.74) is 4.98. The molecule has 0 radical (unpaired) electrons. The van der Waals surface area contributed by atoms with Crippen molar-refractivity contribution in [1.82, 2.24) is 14.1 Å². The summed E-state index contributed by atoms with van der Waals surface area (Å²) in [6.45, 7) is 6.53. The molecule has 4 aromatic heterocycles. The number of imidazole rings is 1. The van der Waals surface area contributed by atoms with Crippen LogP contribution in [-0.4, -0.2) is 14.1 Å². The molecular formula is C54H38N4OPtS-2. The molecule has 11 rings (SSSR count). The number of fused-ring (bicyclic) bond motifs is 5. The van der Waals surface area contributed by atoms with Crippen molar-refractivity contribution in [3.05, 3.63) is 199 Å². The minimum Gasteiger partial charge on any atom is -0.503 e. The second-order valence-corrected chi connectivity index (χ2v) is 16.2. The van der Waals surface area contributed by atoms with E-state index >= 15 is 0 Å². The van der Waals surface area contributed by atoms with Crippen LogP contribution in [0.25, 0.3) is 82.4 Å². The van der Waals surface area contributed by atoms with Gasteiger partial charge in [-0.05, 0) is 62.2 Å². The van der Waals surface area contributed by atoms with Crippen LogP contribution in [0, 0.1) is 18.5 Å². The molecule has 0 unspecified atom stereocenters. The monoisotopic (exact) mass is 995 g/mol. The molecule has 0 fully saturated rings. The fourth-order valence-electron chi connectivity index (χ4n) is 7.81. The molecule has 0 bridgehead atoms. The van der Waals surface area contributed by atoms with E-state index in [0.29, 0.717) is 33.6 Å². The predicted molar refractivity (Wildman–Crippen MR) is 245 cm³/mol. The second kappa shape index (κ2) is 15.5. The van der Waals surface area contributed by atoms with Crippen LogP contribution in [0.1, 0.15) is 40.0 Å². The third kappa shape index (κ3) is 6.77. The molecule has 0 N–H and O–H groups in total. The number of thiophene rings is 1. The van der Waals surface area contributed by atoms with Gasteiger partial charge in [0.25, 0.3) is 6.33 Å². The quantitative estimate of drug-likeness (QED) is 0.118. The zero-order valence-corrected chi connectivity index (χ0v) is 36.0. The Morgan fingerprint density at radius 1 is 0.705 bits per heavy atom. The third-order valence-electron chi connectivity index (χ3n) is 10.7. The van der Waals surface area contributed by atoms with Gasteiger partial charge >= 0.3 is 0 Å². The van der Waals surface area contributed by atoms with Crippen LogP contribution in [0.2, 0.25) is 0 Å². The van der Waals surface area contributed by atoms with Gasteiger partial charge in [0, 0.05) is 44.3 Å². The number of nitrogens with zero attached hydrogens (tertiary/aromatic N) is 4. The van der Waals surface area contributed by atoms with E-state index in [1.165, 1.54) is 11.3 Å². The predicted octanol–water partition coefficient (Wildman–Crippen LogP) is 13.4. The smallest absolute Gasteiger partial charge is 0.268 e. The van der Waals surface area contributed by atoms with E-state index in [1.54, 1.807) is 22.8 Å². The number of rotatable bonds is 7. The van der Waals surface area contributed by atoms with Crippen LogP contribution in [-0.2, 0) is 26.5 Å². The molecule has 0 saturated heterocycles. The first-order chi connectivity index (χ1) is 33.5. The van der Waals surface area contributed by atoms with Crippen LogP contribution in [0.5, 0.6) is 11.5 Å². The van der Waals surface area contributed by atoms with Crippen LogP contribution in [0.15, 0.2) is 175 Å². The van der Waals surface area contributed by atoms with E-state index in [9.17, 15) is 0 Å². The fourth-order valence-corrected chi connectivity index (χ4v) is 8.69. The Morgan fingerprint density at radius 2 is 1.38 bits per heavy atom. The molecule has 0 aliphatic rings. The first-order valence-electron chi connectivity index (χ1n) is 24.3. The average molecular weight is 996 g/mol. The first-order valence-corrected chi connectivity index (χ1v) is 20.2. The number of para-hydroxylation sites is 4. The summed E-state index contributed by atoms with van der Waals surface area (Å²) in [5.74, 6) is 1.67. The molecule has 61 heavy (non-hydrogen) atoms. The van der Waals surface area contributed by atoms with Crippen molar-refractivity contribution in [1.29, 1.82) is 0 Å². The van der Waals surface area contributed by atoms with Crippen molar-refractivity contribution in [3.63, 3.8) is 0 Å². The summed E-state index contributed by atoms with van der Waals surface area (Å²) >= 11 is 1.49. The van der Waals surface area contributed by atoms with Crippen LogP contribution < -0.4 is 9.30 Å². The van der Waals surface area contributed by atoms with E-state index < -0.39 is 60.4 Å². The van der Waals surface area contributed by atoms with Crippen LogP contribution in [0.4, 0.5) is 0 Å². The topological polar surface area (TPSA) is 35.9 Å². The Labute approximate surface area is 387 Å². The largest absolute Gasteiger partial charge is 0.503 e. The summed E-state index contributed by atoms with van der Waals surface area (Å²) in [5, 5.41) is 4.72. The van der Waals surface area contributed by atoms with Gasteiger partial charge < -0.3 is 13.9 Å². The normalized spacial score (nSPS) is 14.0. The Hall–Kier alpha value is -6.59. The van der Waals surface area contributed by atoms with Gasteiger partial charge in [0.2, 0.25) is 0 Å². The molecule has 4 heterocycles. The van der Waals surface area contributed by atoms with Gasteiger partial charge in [-0.15, -0.1) is 23.6 Å². The summed E-state index contributed by atoms with van der Waals surface area (Å²) in [6.07, 6.45) is 5.31. The standard InChI is InChI=1S/C54H38N4OS.Pt/c1-54(2,3)38-29-30-55-52(31-38)58-46-22-11-10-19-43(46)44-27-25-40(33-49(44)58)59-39-26-28-51-45(32-39)50(34-60-51)56-35-57(48-24-13-12-23-47(48)56)53-41(36-15-6-4-7-16-36)20-14-21-42(53)37-17-8-5-9-18-37;/h4-31,34H,1-3H3;/q-2;/i4D,5D,6D,7D,8D,9D,15D,16D,17D,18D;. The molecule has 0 atom stereocenters. The maximum absolute atomic E-state index is 9.03. The van der Waals surface area contributed by atoms with Gasteiger partial charge in [-0.2, -0.15) is 6.07 Å². The van der Waals surface area contributed by atoms with Crippen molar-refractivity contribution in [2.45, 2.75) is 26.2 Å². The third-order valence-corrected chi connectivity index (χ3v) is 11.6. The molecule has 0 amide bonds. The van der Waals surface area contributed by atoms with E-state index in [1.807, 2.05) is 82.9 Å². The SMILES string of the molecule is [2H]c1c([2H])c([2H])c(-c2cccc(-c3c([2H])c([2H])c([2H])c([2H])c3[2H])c2-[n+]2[c-]n(-c3csc4ccc(Oc5[c-]c6c(cc5)c5ccccc5n6-c5cc(C(C)(C)C)ccn5)[c-]c34)c3ccccc32)c([2H])c1[2H].[Pt]. The van der Waals surface area contributed by atoms with Gasteiger partial charge in [-0.25, -0.2) is 16.3 Å². The second-order valence-electron chi connectivity index (χ2n) is 15.3. The number of hydrogen-bond acceptors (Lipinski definition) is 3. The number of aromatic nitrogens is 4. The molecule has 7 heteroatoms. The number of benzene rings is 7. The molecule has 0 aliphatic heterocycles. The molecule has 11 aromatic rings. The molecule has 7 aromatic carbocycles. The van der Waals surface area contributed by atoms with Crippen molar-refractivity contribution in [2.75, 3.05) is 0 Å². The summed E-state index contributed by atoms with van der Waals surface area (Å²) in [7, 11) is 0.